The summed E-state index contributed by atoms with van der Waals surface area (Å²) in [5.74, 6) is -0.0233. The van der Waals surface area contributed by atoms with E-state index < -0.39 is 0 Å². The largest absolute Gasteiger partial charge is 0.373 e. The molecule has 0 aliphatic carbocycles. The van der Waals surface area contributed by atoms with Gasteiger partial charge in [0.1, 0.15) is 4.64 Å². The third-order valence-corrected chi connectivity index (χ3v) is 5.32. The van der Waals surface area contributed by atoms with Crippen LogP contribution in [0.3, 0.4) is 0 Å². The van der Waals surface area contributed by atoms with Gasteiger partial charge in [0, 0.05) is 19.3 Å². The number of nitrogens with zero attached hydrogens (tertiary/aromatic N) is 1. The number of benzene rings is 1. The van der Waals surface area contributed by atoms with Gasteiger partial charge in [0.05, 0.1) is 28.3 Å². The minimum absolute atomic E-state index is 0.0233. The van der Waals surface area contributed by atoms with Gasteiger partial charge in [0.25, 0.3) is 5.91 Å². The average molecular weight is 397 g/mol. The molecule has 1 amide bonds. The second kappa shape index (κ2) is 8.32. The van der Waals surface area contributed by atoms with Gasteiger partial charge < -0.3 is 14.6 Å². The monoisotopic (exact) mass is 396 g/mol. The van der Waals surface area contributed by atoms with Crippen molar-refractivity contribution >= 4 is 41.3 Å². The van der Waals surface area contributed by atoms with Gasteiger partial charge in [0.2, 0.25) is 0 Å². The summed E-state index contributed by atoms with van der Waals surface area (Å²) in [6.07, 6.45) is 3.46. The highest BCUT2D eigenvalue weighted by Gasteiger charge is 2.24. The van der Waals surface area contributed by atoms with Crippen molar-refractivity contribution in [2.24, 2.45) is 0 Å². The molecular weight excluding hydrogens is 379 g/mol. The number of piperidine rings is 1. The van der Waals surface area contributed by atoms with Gasteiger partial charge >= 0.3 is 0 Å². The van der Waals surface area contributed by atoms with Crippen molar-refractivity contribution in [1.29, 1.82) is 0 Å². The van der Waals surface area contributed by atoms with Crippen LogP contribution >= 0.6 is 35.4 Å². The van der Waals surface area contributed by atoms with Crippen LogP contribution in [0.25, 0.3) is 0 Å². The number of H-pyrrole nitrogens is 1. The lowest BCUT2D eigenvalue weighted by molar-refractivity contribution is -0.000398. The van der Waals surface area contributed by atoms with Gasteiger partial charge in [-0.15, -0.1) is 0 Å². The Morgan fingerprint density at radius 2 is 2.00 bits per heavy atom. The molecule has 1 aliphatic rings. The second-order valence-corrected chi connectivity index (χ2v) is 7.19. The zero-order chi connectivity index (χ0) is 17.8. The fourth-order valence-corrected chi connectivity index (χ4v) is 3.37. The number of pyridine rings is 1. The topological polar surface area (TPSA) is 45.3 Å². The van der Waals surface area contributed by atoms with Crippen LogP contribution in [-0.2, 0) is 11.3 Å². The van der Waals surface area contributed by atoms with Gasteiger partial charge in [-0.2, -0.15) is 0 Å². The lowest BCUT2D eigenvalue weighted by Crippen LogP contribution is -2.41. The van der Waals surface area contributed by atoms with Gasteiger partial charge in [-0.25, -0.2) is 0 Å². The quantitative estimate of drug-likeness (QED) is 0.749. The van der Waals surface area contributed by atoms with E-state index in [1.54, 1.807) is 24.4 Å². The zero-order valence-electron chi connectivity index (χ0n) is 13.5. The van der Waals surface area contributed by atoms with Crippen molar-refractivity contribution in [3.05, 3.63) is 62.3 Å². The Hall–Kier alpha value is -1.40. The SMILES string of the molecule is O=C(c1ccc[nH]c1=S)N1CCC(OCc2ccc(Cl)c(Cl)c2)CC1. The Morgan fingerprint density at radius 3 is 2.68 bits per heavy atom. The summed E-state index contributed by atoms with van der Waals surface area (Å²) in [6.45, 7) is 1.81. The van der Waals surface area contributed by atoms with Crippen molar-refractivity contribution in [3.8, 4) is 0 Å². The molecule has 1 fully saturated rings. The smallest absolute Gasteiger partial charge is 0.256 e. The van der Waals surface area contributed by atoms with Crippen molar-refractivity contribution < 1.29 is 9.53 Å². The fourth-order valence-electron chi connectivity index (χ4n) is 2.83. The molecular formula is C18H18Cl2N2O2S. The number of hydrogen-bond donors (Lipinski definition) is 1. The molecule has 25 heavy (non-hydrogen) atoms. The Morgan fingerprint density at radius 1 is 1.24 bits per heavy atom. The molecule has 3 rings (SSSR count). The van der Waals surface area contributed by atoms with Crippen LogP contribution in [0.4, 0.5) is 0 Å². The van der Waals surface area contributed by atoms with Crippen molar-refractivity contribution in [3.63, 3.8) is 0 Å². The third kappa shape index (κ3) is 4.61. The Kier molecular flexibility index (Phi) is 6.12. The predicted molar refractivity (Wildman–Crippen MR) is 102 cm³/mol. The van der Waals surface area contributed by atoms with E-state index >= 15 is 0 Å². The minimum atomic E-state index is -0.0233. The standard InChI is InChI=1S/C18H18Cl2N2O2S/c19-15-4-3-12(10-16(15)20)11-24-13-5-8-22(9-6-13)18(23)14-2-1-7-21-17(14)25/h1-4,7,10,13H,5-6,8-9,11H2,(H,21,25). The van der Waals surface area contributed by atoms with Crippen LogP contribution in [0.2, 0.25) is 10.0 Å². The molecule has 1 aliphatic heterocycles. The maximum absolute atomic E-state index is 12.5. The number of likely N-dealkylation sites (tertiary alicyclic amines) is 1. The lowest BCUT2D eigenvalue weighted by atomic mass is 10.1. The van der Waals surface area contributed by atoms with Crippen molar-refractivity contribution in [1.82, 2.24) is 9.88 Å². The number of aromatic nitrogens is 1. The maximum atomic E-state index is 12.5. The van der Waals surface area contributed by atoms with Crippen LogP contribution < -0.4 is 0 Å². The molecule has 1 aromatic carbocycles. The molecule has 1 saturated heterocycles. The molecule has 0 atom stereocenters. The summed E-state index contributed by atoms with van der Waals surface area (Å²) >= 11 is 17.1. The molecule has 0 saturated carbocycles. The van der Waals surface area contributed by atoms with E-state index in [1.165, 1.54) is 0 Å². The number of ether oxygens (including phenoxy) is 1. The number of halogens is 2. The van der Waals surface area contributed by atoms with E-state index in [4.69, 9.17) is 40.2 Å². The molecule has 1 aromatic heterocycles. The van der Waals surface area contributed by atoms with E-state index in [-0.39, 0.29) is 12.0 Å². The summed E-state index contributed by atoms with van der Waals surface area (Å²) in [4.78, 5) is 17.3. The molecule has 0 unspecified atom stereocenters. The van der Waals surface area contributed by atoms with Gasteiger partial charge in [-0.1, -0.05) is 41.5 Å². The predicted octanol–water partition coefficient (Wildman–Crippen LogP) is 4.87. The number of nitrogens with one attached hydrogen (secondary N) is 1. The summed E-state index contributed by atoms with van der Waals surface area (Å²) in [5.41, 5.74) is 1.54. The average Bonchev–Trinajstić information content (AvgIpc) is 2.63. The Bertz CT molecular complexity index is 817. The zero-order valence-corrected chi connectivity index (χ0v) is 15.8. The van der Waals surface area contributed by atoms with Gasteiger partial charge in [-0.3, -0.25) is 4.79 Å². The Balaban J connectivity index is 1.52. The first-order chi connectivity index (χ1) is 12.0. The number of hydrogen-bond acceptors (Lipinski definition) is 3. The van der Waals surface area contributed by atoms with Crippen LogP contribution in [0.15, 0.2) is 36.5 Å². The number of carbonyl (C=O) groups excluding carboxylic acids is 1. The molecule has 0 spiro atoms. The van der Waals surface area contributed by atoms with E-state index in [1.807, 2.05) is 17.0 Å². The molecule has 7 heteroatoms. The number of aromatic amines is 1. The van der Waals surface area contributed by atoms with E-state index in [0.717, 1.165) is 18.4 Å². The summed E-state index contributed by atoms with van der Waals surface area (Å²) < 4.78 is 6.43. The number of amides is 1. The highest BCUT2D eigenvalue weighted by Crippen LogP contribution is 2.24. The summed E-state index contributed by atoms with van der Waals surface area (Å²) in [5, 5.41) is 1.07. The summed E-state index contributed by atoms with van der Waals surface area (Å²) in [7, 11) is 0. The van der Waals surface area contributed by atoms with Crippen LogP contribution in [0.1, 0.15) is 28.8 Å². The highest BCUT2D eigenvalue weighted by molar-refractivity contribution is 7.71. The fraction of sp³-hybridized carbons (Fsp3) is 0.333. The first-order valence-electron chi connectivity index (χ1n) is 8.07. The molecule has 2 heterocycles. The second-order valence-electron chi connectivity index (χ2n) is 5.96. The van der Waals surface area contributed by atoms with Crippen molar-refractivity contribution in [2.75, 3.05) is 13.1 Å². The molecule has 2 aromatic rings. The minimum Gasteiger partial charge on any atom is -0.373 e. The number of rotatable bonds is 4. The highest BCUT2D eigenvalue weighted by atomic mass is 35.5. The first kappa shape index (κ1) is 18.4. The normalized spacial score (nSPS) is 15.4. The van der Waals surface area contributed by atoms with Gasteiger partial charge in [-0.05, 0) is 42.7 Å². The van der Waals surface area contributed by atoms with Crippen LogP contribution in [0.5, 0.6) is 0 Å². The van der Waals surface area contributed by atoms with E-state index in [2.05, 4.69) is 4.98 Å². The molecule has 0 radical (unpaired) electrons. The Labute approximate surface area is 161 Å². The van der Waals surface area contributed by atoms with Crippen LogP contribution in [0, 0.1) is 4.64 Å². The van der Waals surface area contributed by atoms with Crippen LogP contribution in [-0.4, -0.2) is 35.0 Å². The maximum Gasteiger partial charge on any atom is 0.256 e. The molecule has 0 bridgehead atoms. The molecule has 1 N–H and O–H groups in total. The molecule has 4 nitrogen and oxygen atoms in total. The first-order valence-corrected chi connectivity index (χ1v) is 9.23. The van der Waals surface area contributed by atoms with E-state index in [0.29, 0.717) is 39.9 Å². The number of carbonyl (C=O) groups is 1. The lowest BCUT2D eigenvalue weighted by Gasteiger charge is -2.32. The van der Waals surface area contributed by atoms with Gasteiger partial charge in [0.15, 0.2) is 0 Å². The van der Waals surface area contributed by atoms with E-state index in [9.17, 15) is 4.79 Å². The van der Waals surface area contributed by atoms with Crippen molar-refractivity contribution in [2.45, 2.75) is 25.6 Å². The summed E-state index contributed by atoms with van der Waals surface area (Å²) in [6, 6.07) is 9.04. The molecule has 132 valence electrons. The third-order valence-electron chi connectivity index (χ3n) is 4.25.